The highest BCUT2D eigenvalue weighted by Crippen LogP contribution is 2.24. The SMILES string of the molecule is O=C(CCc1ncc(-c2ccc(F)cc2F)o1)NC(C(=O)O)C1CCCOC1. The average molecular weight is 394 g/mol. The van der Waals surface area contributed by atoms with Crippen molar-refractivity contribution in [2.24, 2.45) is 5.92 Å². The summed E-state index contributed by atoms with van der Waals surface area (Å²) in [5, 5.41) is 11.9. The molecule has 1 saturated heterocycles. The van der Waals surface area contributed by atoms with Crippen molar-refractivity contribution in [1.29, 1.82) is 0 Å². The molecule has 1 aliphatic heterocycles. The average Bonchev–Trinajstić information content (AvgIpc) is 3.13. The molecule has 150 valence electrons. The van der Waals surface area contributed by atoms with Crippen LogP contribution in [0.2, 0.25) is 0 Å². The largest absolute Gasteiger partial charge is 0.480 e. The molecular weight excluding hydrogens is 374 g/mol. The van der Waals surface area contributed by atoms with E-state index in [9.17, 15) is 23.5 Å². The molecule has 1 amide bonds. The quantitative estimate of drug-likeness (QED) is 0.748. The first-order valence-corrected chi connectivity index (χ1v) is 8.94. The van der Waals surface area contributed by atoms with Crippen LogP contribution >= 0.6 is 0 Å². The second-order valence-electron chi connectivity index (χ2n) is 6.60. The maximum absolute atomic E-state index is 13.8. The van der Waals surface area contributed by atoms with Crippen LogP contribution in [0, 0.1) is 17.6 Å². The number of carboxylic acid groups (broad SMARTS) is 1. The van der Waals surface area contributed by atoms with Gasteiger partial charge in [0.05, 0.1) is 18.4 Å². The Bertz CT molecular complexity index is 849. The zero-order chi connectivity index (χ0) is 20.1. The predicted molar refractivity (Wildman–Crippen MR) is 93.3 cm³/mol. The van der Waals surface area contributed by atoms with E-state index in [1.165, 1.54) is 12.3 Å². The number of nitrogens with zero attached hydrogens (tertiary/aromatic N) is 1. The lowest BCUT2D eigenvalue weighted by Crippen LogP contribution is -2.48. The summed E-state index contributed by atoms with van der Waals surface area (Å²) in [5.74, 6) is -2.99. The third kappa shape index (κ3) is 4.92. The maximum Gasteiger partial charge on any atom is 0.326 e. The summed E-state index contributed by atoms with van der Waals surface area (Å²) in [6, 6.07) is 2.08. The van der Waals surface area contributed by atoms with Crippen LogP contribution in [0.1, 0.15) is 25.2 Å². The van der Waals surface area contributed by atoms with Gasteiger partial charge in [0.25, 0.3) is 0 Å². The maximum atomic E-state index is 13.8. The summed E-state index contributed by atoms with van der Waals surface area (Å²) in [6.07, 6.45) is 2.79. The van der Waals surface area contributed by atoms with Gasteiger partial charge in [-0.05, 0) is 25.0 Å². The predicted octanol–water partition coefficient (Wildman–Crippen LogP) is 2.55. The zero-order valence-electron chi connectivity index (χ0n) is 15.0. The number of carbonyl (C=O) groups is 2. The van der Waals surface area contributed by atoms with Crippen LogP contribution in [0.25, 0.3) is 11.3 Å². The number of hydrogen-bond donors (Lipinski definition) is 2. The second-order valence-corrected chi connectivity index (χ2v) is 6.60. The molecule has 0 bridgehead atoms. The van der Waals surface area contributed by atoms with Gasteiger partial charge in [-0.15, -0.1) is 0 Å². The highest BCUT2D eigenvalue weighted by Gasteiger charge is 2.31. The molecule has 1 aromatic heterocycles. The Labute approximate surface area is 159 Å². The first kappa shape index (κ1) is 19.9. The molecule has 0 aliphatic carbocycles. The molecule has 2 N–H and O–H groups in total. The number of hydrogen-bond acceptors (Lipinski definition) is 5. The number of amides is 1. The van der Waals surface area contributed by atoms with E-state index in [0.717, 1.165) is 18.6 Å². The van der Waals surface area contributed by atoms with Gasteiger partial charge in [0.2, 0.25) is 5.91 Å². The summed E-state index contributed by atoms with van der Waals surface area (Å²) in [6.45, 7) is 0.890. The van der Waals surface area contributed by atoms with Gasteiger partial charge < -0.3 is 19.6 Å². The van der Waals surface area contributed by atoms with Gasteiger partial charge in [-0.25, -0.2) is 18.6 Å². The van der Waals surface area contributed by atoms with Crippen molar-refractivity contribution >= 4 is 11.9 Å². The van der Waals surface area contributed by atoms with E-state index in [0.29, 0.717) is 19.6 Å². The summed E-state index contributed by atoms with van der Waals surface area (Å²) in [7, 11) is 0. The molecule has 2 unspecified atom stereocenters. The summed E-state index contributed by atoms with van der Waals surface area (Å²) >= 11 is 0. The minimum Gasteiger partial charge on any atom is -0.480 e. The molecule has 2 atom stereocenters. The molecular formula is C19H20F2N2O5. The zero-order valence-corrected chi connectivity index (χ0v) is 15.0. The standard InChI is InChI=1S/C19H20F2N2O5/c20-12-3-4-13(14(21)8-12)15-9-22-17(28-15)6-5-16(24)23-18(19(25)26)11-2-1-7-27-10-11/h3-4,8-9,11,18H,1-2,5-7,10H2,(H,23,24)(H,25,26). The molecule has 9 heteroatoms. The van der Waals surface area contributed by atoms with Crippen LogP contribution in [-0.2, 0) is 20.7 Å². The number of carboxylic acids is 1. The van der Waals surface area contributed by atoms with Crippen molar-refractivity contribution in [3.8, 4) is 11.3 Å². The van der Waals surface area contributed by atoms with Crippen molar-refractivity contribution in [2.45, 2.75) is 31.7 Å². The van der Waals surface area contributed by atoms with Gasteiger partial charge >= 0.3 is 5.97 Å². The van der Waals surface area contributed by atoms with E-state index >= 15 is 0 Å². The molecule has 0 radical (unpaired) electrons. The van der Waals surface area contributed by atoms with Crippen LogP contribution in [0.3, 0.4) is 0 Å². The molecule has 7 nitrogen and oxygen atoms in total. The van der Waals surface area contributed by atoms with Crippen molar-refractivity contribution in [1.82, 2.24) is 10.3 Å². The van der Waals surface area contributed by atoms with E-state index in [1.807, 2.05) is 0 Å². The number of nitrogens with one attached hydrogen (secondary N) is 1. The Kier molecular flexibility index (Phi) is 6.35. The Hall–Kier alpha value is -2.81. The molecule has 2 heterocycles. The third-order valence-electron chi connectivity index (χ3n) is 4.57. The molecule has 3 rings (SSSR count). The van der Waals surface area contributed by atoms with Crippen molar-refractivity contribution in [3.05, 3.63) is 41.9 Å². The first-order valence-electron chi connectivity index (χ1n) is 8.94. The number of halogens is 2. The fraction of sp³-hybridized carbons (Fsp3) is 0.421. The normalized spacial score (nSPS) is 17.9. The lowest BCUT2D eigenvalue weighted by Gasteiger charge is -2.28. The van der Waals surface area contributed by atoms with E-state index in [4.69, 9.17) is 9.15 Å². The fourth-order valence-corrected chi connectivity index (χ4v) is 3.12. The van der Waals surface area contributed by atoms with E-state index in [1.54, 1.807) is 0 Å². The second kappa shape index (κ2) is 8.92. The van der Waals surface area contributed by atoms with Crippen LogP contribution in [0.5, 0.6) is 0 Å². The minimum atomic E-state index is -1.10. The summed E-state index contributed by atoms with van der Waals surface area (Å²) in [4.78, 5) is 27.6. The molecule has 1 fully saturated rings. The monoisotopic (exact) mass is 394 g/mol. The van der Waals surface area contributed by atoms with Crippen molar-refractivity contribution in [3.63, 3.8) is 0 Å². The van der Waals surface area contributed by atoms with Crippen LogP contribution in [0.15, 0.2) is 28.8 Å². The topological polar surface area (TPSA) is 102 Å². The minimum absolute atomic E-state index is 0.0385. The van der Waals surface area contributed by atoms with Crippen LogP contribution in [0.4, 0.5) is 8.78 Å². The van der Waals surface area contributed by atoms with E-state index < -0.39 is 29.6 Å². The van der Waals surface area contributed by atoms with Gasteiger partial charge in [0.1, 0.15) is 17.7 Å². The molecule has 1 aromatic carbocycles. The Balaban J connectivity index is 1.57. The third-order valence-corrected chi connectivity index (χ3v) is 4.57. The Morgan fingerprint density at radius 2 is 2.18 bits per heavy atom. The van der Waals surface area contributed by atoms with Crippen molar-refractivity contribution < 1.29 is 32.6 Å². The van der Waals surface area contributed by atoms with Crippen molar-refractivity contribution in [2.75, 3.05) is 13.2 Å². The number of aryl methyl sites for hydroxylation is 1. The van der Waals surface area contributed by atoms with Crippen LogP contribution < -0.4 is 5.32 Å². The number of ether oxygens (including phenoxy) is 1. The van der Waals surface area contributed by atoms with Crippen LogP contribution in [-0.4, -0.2) is 41.2 Å². The van der Waals surface area contributed by atoms with Gasteiger partial charge in [0.15, 0.2) is 11.7 Å². The van der Waals surface area contributed by atoms with E-state index in [-0.39, 0.29) is 36.0 Å². The number of aromatic nitrogens is 1. The Morgan fingerprint density at radius 3 is 2.86 bits per heavy atom. The van der Waals surface area contributed by atoms with Gasteiger partial charge in [-0.2, -0.15) is 0 Å². The number of carbonyl (C=O) groups excluding carboxylic acids is 1. The molecule has 28 heavy (non-hydrogen) atoms. The fourth-order valence-electron chi connectivity index (χ4n) is 3.12. The molecule has 1 aliphatic rings. The lowest BCUT2D eigenvalue weighted by molar-refractivity contribution is -0.145. The number of oxazole rings is 1. The summed E-state index contributed by atoms with van der Waals surface area (Å²) < 4.78 is 37.5. The smallest absolute Gasteiger partial charge is 0.326 e. The summed E-state index contributed by atoms with van der Waals surface area (Å²) in [5.41, 5.74) is 0.0628. The first-order chi connectivity index (χ1) is 13.4. The van der Waals surface area contributed by atoms with Gasteiger partial charge in [0, 0.05) is 31.4 Å². The number of aliphatic carboxylic acids is 1. The number of benzene rings is 1. The molecule has 0 saturated carbocycles. The highest BCUT2D eigenvalue weighted by atomic mass is 19.1. The van der Waals surface area contributed by atoms with Gasteiger partial charge in [-0.3, -0.25) is 4.79 Å². The highest BCUT2D eigenvalue weighted by molar-refractivity contribution is 5.83. The molecule has 0 spiro atoms. The lowest BCUT2D eigenvalue weighted by atomic mass is 9.93. The number of rotatable bonds is 7. The Morgan fingerprint density at radius 1 is 1.36 bits per heavy atom. The van der Waals surface area contributed by atoms with E-state index in [2.05, 4.69) is 10.3 Å². The van der Waals surface area contributed by atoms with Gasteiger partial charge in [-0.1, -0.05) is 0 Å². The molecule has 2 aromatic rings.